The Hall–Kier alpha value is -2.41. The molecule has 1 aromatic rings. The molecule has 3 amide bonds. The third-order valence-corrected chi connectivity index (χ3v) is 6.27. The molecule has 0 bridgehead atoms. The van der Waals surface area contributed by atoms with Crippen molar-refractivity contribution in [1.29, 1.82) is 0 Å². The predicted molar refractivity (Wildman–Crippen MR) is 107 cm³/mol. The van der Waals surface area contributed by atoms with E-state index in [0.717, 1.165) is 24.3 Å². The van der Waals surface area contributed by atoms with Crippen molar-refractivity contribution in [1.82, 2.24) is 15.1 Å². The van der Waals surface area contributed by atoms with Gasteiger partial charge in [-0.15, -0.1) is 0 Å². The van der Waals surface area contributed by atoms with Crippen molar-refractivity contribution < 1.29 is 19.1 Å². The summed E-state index contributed by atoms with van der Waals surface area (Å²) in [7, 11) is 0. The topological polar surface area (TPSA) is 79.0 Å². The summed E-state index contributed by atoms with van der Waals surface area (Å²) in [5, 5.41) is 2.33. The molecular formula is C22H29N3O4. The lowest BCUT2D eigenvalue weighted by molar-refractivity contribution is -0.136. The summed E-state index contributed by atoms with van der Waals surface area (Å²) in [6, 6.07) is 5.88. The normalized spacial score (nSPS) is 25.3. The molecule has 2 unspecified atom stereocenters. The van der Waals surface area contributed by atoms with Gasteiger partial charge >= 0.3 is 0 Å². The summed E-state index contributed by atoms with van der Waals surface area (Å²) < 4.78 is 6.11. The zero-order valence-electron chi connectivity index (χ0n) is 17.1. The Morgan fingerprint density at radius 1 is 1.17 bits per heavy atom. The number of hydrogen-bond donors (Lipinski definition) is 1. The van der Waals surface area contributed by atoms with Crippen LogP contribution in [0.25, 0.3) is 0 Å². The summed E-state index contributed by atoms with van der Waals surface area (Å²) in [5.74, 6) is -0.0514. The quantitative estimate of drug-likeness (QED) is 0.767. The van der Waals surface area contributed by atoms with E-state index >= 15 is 0 Å². The number of ether oxygens (including phenoxy) is 1. The van der Waals surface area contributed by atoms with Gasteiger partial charge in [-0.1, -0.05) is 6.42 Å². The Kier molecular flexibility index (Phi) is 5.58. The molecule has 1 aromatic carbocycles. The molecule has 156 valence electrons. The molecule has 1 N–H and O–H groups in total. The van der Waals surface area contributed by atoms with Gasteiger partial charge in [0.25, 0.3) is 5.91 Å². The van der Waals surface area contributed by atoms with Gasteiger partial charge in [-0.3, -0.25) is 24.6 Å². The molecule has 3 aliphatic heterocycles. The molecule has 0 radical (unpaired) electrons. The average molecular weight is 399 g/mol. The average Bonchev–Trinajstić information content (AvgIpc) is 3.02. The molecule has 0 spiro atoms. The highest BCUT2D eigenvalue weighted by molar-refractivity contribution is 6.05. The lowest BCUT2D eigenvalue weighted by atomic mass is 10.0. The minimum Gasteiger partial charge on any atom is -0.492 e. The molecule has 7 nitrogen and oxygen atoms in total. The molecular weight excluding hydrogens is 370 g/mol. The standard InChI is InChI=1S/C22H29N3O4/c1-14(2)24-10-4-3-5-16(24)13-29-17-6-7-18-15(11-17)12-25(22(18)28)19-8-9-20(26)23-21(19)27/h6-7,11,14,16,19H,3-5,8-10,12-13H2,1-2H3,(H,23,26,27). The molecule has 0 aliphatic carbocycles. The number of benzene rings is 1. The minimum absolute atomic E-state index is 0.153. The highest BCUT2D eigenvalue weighted by Gasteiger charge is 2.39. The molecule has 29 heavy (non-hydrogen) atoms. The van der Waals surface area contributed by atoms with E-state index in [2.05, 4.69) is 24.1 Å². The van der Waals surface area contributed by atoms with E-state index in [4.69, 9.17) is 4.74 Å². The van der Waals surface area contributed by atoms with Crippen molar-refractivity contribution in [3.8, 4) is 5.75 Å². The maximum atomic E-state index is 12.8. The highest BCUT2D eigenvalue weighted by atomic mass is 16.5. The maximum absolute atomic E-state index is 12.8. The van der Waals surface area contributed by atoms with Crippen LogP contribution in [-0.2, 0) is 16.1 Å². The molecule has 2 saturated heterocycles. The maximum Gasteiger partial charge on any atom is 0.255 e. The highest BCUT2D eigenvalue weighted by Crippen LogP contribution is 2.30. The van der Waals surface area contributed by atoms with Crippen LogP contribution in [0.15, 0.2) is 18.2 Å². The van der Waals surface area contributed by atoms with Gasteiger partial charge in [0.1, 0.15) is 18.4 Å². The van der Waals surface area contributed by atoms with Crippen molar-refractivity contribution >= 4 is 17.7 Å². The Bertz CT molecular complexity index is 822. The number of nitrogens with one attached hydrogen (secondary N) is 1. The number of rotatable bonds is 5. The smallest absolute Gasteiger partial charge is 0.255 e. The summed E-state index contributed by atoms with van der Waals surface area (Å²) in [6.07, 6.45) is 4.26. The summed E-state index contributed by atoms with van der Waals surface area (Å²) in [5.41, 5.74) is 1.49. The Morgan fingerprint density at radius 2 is 2.00 bits per heavy atom. The number of nitrogens with zero attached hydrogens (tertiary/aromatic N) is 2. The zero-order valence-corrected chi connectivity index (χ0v) is 17.1. The van der Waals surface area contributed by atoms with Gasteiger partial charge < -0.3 is 9.64 Å². The molecule has 0 saturated carbocycles. The van der Waals surface area contributed by atoms with Crippen LogP contribution < -0.4 is 10.1 Å². The number of hydrogen-bond acceptors (Lipinski definition) is 5. The molecule has 0 aromatic heterocycles. The van der Waals surface area contributed by atoms with Crippen LogP contribution in [-0.4, -0.2) is 58.8 Å². The first kappa shape index (κ1) is 19.9. The van der Waals surface area contributed by atoms with Gasteiger partial charge in [0.15, 0.2) is 0 Å². The van der Waals surface area contributed by atoms with Gasteiger partial charge in [0, 0.05) is 30.6 Å². The molecule has 2 fully saturated rings. The second kappa shape index (κ2) is 8.14. The van der Waals surface area contributed by atoms with Gasteiger partial charge in [0.05, 0.1) is 0 Å². The van der Waals surface area contributed by atoms with E-state index in [1.807, 2.05) is 12.1 Å². The fourth-order valence-electron chi connectivity index (χ4n) is 4.71. The second-order valence-electron chi connectivity index (χ2n) is 8.51. The van der Waals surface area contributed by atoms with Crippen molar-refractivity contribution in [3.63, 3.8) is 0 Å². The van der Waals surface area contributed by atoms with E-state index in [0.29, 0.717) is 37.2 Å². The first-order chi connectivity index (χ1) is 13.9. The predicted octanol–water partition coefficient (Wildman–Crippen LogP) is 2.09. The van der Waals surface area contributed by atoms with Gasteiger partial charge in [-0.2, -0.15) is 0 Å². The fourth-order valence-corrected chi connectivity index (χ4v) is 4.71. The summed E-state index contributed by atoms with van der Waals surface area (Å²) >= 11 is 0. The Balaban J connectivity index is 1.42. The van der Waals surface area contributed by atoms with Crippen molar-refractivity contribution in [2.75, 3.05) is 13.2 Å². The first-order valence-electron chi connectivity index (χ1n) is 10.6. The number of likely N-dealkylation sites (tertiary alicyclic amines) is 1. The lowest BCUT2D eigenvalue weighted by Crippen LogP contribution is -2.52. The minimum atomic E-state index is -0.584. The number of amides is 3. The van der Waals surface area contributed by atoms with E-state index in [-0.39, 0.29) is 24.1 Å². The van der Waals surface area contributed by atoms with Gasteiger partial charge in [-0.05, 0) is 63.4 Å². The molecule has 4 rings (SSSR count). The molecule has 2 atom stereocenters. The molecule has 3 heterocycles. The third kappa shape index (κ3) is 4.01. The van der Waals surface area contributed by atoms with Crippen LogP contribution in [0.4, 0.5) is 0 Å². The summed E-state index contributed by atoms with van der Waals surface area (Å²) in [6.45, 7) is 6.58. The number of piperidine rings is 2. The van der Waals surface area contributed by atoms with Crippen LogP contribution in [0.2, 0.25) is 0 Å². The monoisotopic (exact) mass is 399 g/mol. The number of imide groups is 1. The van der Waals surface area contributed by atoms with Crippen molar-refractivity contribution in [2.24, 2.45) is 0 Å². The summed E-state index contributed by atoms with van der Waals surface area (Å²) in [4.78, 5) is 40.4. The second-order valence-corrected chi connectivity index (χ2v) is 8.51. The first-order valence-corrected chi connectivity index (χ1v) is 10.6. The van der Waals surface area contributed by atoms with Crippen molar-refractivity contribution in [3.05, 3.63) is 29.3 Å². The number of carbonyl (C=O) groups is 3. The number of fused-ring (bicyclic) bond motifs is 1. The van der Waals surface area contributed by atoms with E-state index in [1.54, 1.807) is 11.0 Å². The zero-order chi connectivity index (χ0) is 20.5. The van der Waals surface area contributed by atoms with Crippen molar-refractivity contribution in [2.45, 2.75) is 70.6 Å². The Morgan fingerprint density at radius 3 is 2.76 bits per heavy atom. The van der Waals surface area contributed by atoms with Gasteiger partial charge in [0.2, 0.25) is 11.8 Å². The third-order valence-electron chi connectivity index (χ3n) is 6.27. The lowest BCUT2D eigenvalue weighted by Gasteiger charge is -2.38. The van der Waals surface area contributed by atoms with Crippen LogP contribution in [0.5, 0.6) is 5.75 Å². The van der Waals surface area contributed by atoms with E-state index in [1.165, 1.54) is 12.8 Å². The largest absolute Gasteiger partial charge is 0.492 e. The van der Waals surface area contributed by atoms with Crippen LogP contribution >= 0.6 is 0 Å². The molecule has 7 heteroatoms. The van der Waals surface area contributed by atoms with Gasteiger partial charge in [-0.25, -0.2) is 0 Å². The number of carbonyl (C=O) groups excluding carboxylic acids is 3. The van der Waals surface area contributed by atoms with Crippen LogP contribution in [0.1, 0.15) is 61.9 Å². The molecule has 3 aliphatic rings. The van der Waals surface area contributed by atoms with E-state index < -0.39 is 6.04 Å². The Labute approximate surface area is 171 Å². The fraction of sp³-hybridized carbons (Fsp3) is 0.591. The SMILES string of the molecule is CC(C)N1CCCCC1COc1ccc2c(c1)CN(C1CCC(=O)NC1=O)C2=O. The van der Waals surface area contributed by atoms with Crippen LogP contribution in [0.3, 0.4) is 0 Å². The van der Waals surface area contributed by atoms with Crippen LogP contribution in [0, 0.1) is 0 Å². The van der Waals surface area contributed by atoms with E-state index in [9.17, 15) is 14.4 Å².